The molecule has 0 radical (unpaired) electrons. The summed E-state index contributed by atoms with van der Waals surface area (Å²) in [5, 5.41) is 3.65. The monoisotopic (exact) mass is 1270 g/mol. The maximum Gasteiger partial charge on any atom is 0.261 e. The van der Waals surface area contributed by atoms with Crippen molar-refractivity contribution in [2.24, 2.45) is 11.5 Å². The van der Waals surface area contributed by atoms with Crippen LogP contribution in [-0.4, -0.2) is 107 Å². The summed E-state index contributed by atoms with van der Waals surface area (Å²) in [7, 11) is 0.229. The number of hydrogen-bond acceptors (Lipinski definition) is 11. The maximum absolute atomic E-state index is 13.0. The van der Waals surface area contributed by atoms with Crippen molar-refractivity contribution in [2.45, 2.75) is 77.8 Å². The van der Waals surface area contributed by atoms with Crippen molar-refractivity contribution in [2.75, 3.05) is 67.0 Å². The van der Waals surface area contributed by atoms with Crippen LogP contribution in [0.25, 0.3) is 0 Å². The molecule has 0 aliphatic carbocycles. The molecule has 3 aliphatic heterocycles. The van der Waals surface area contributed by atoms with E-state index in [-0.39, 0.29) is 45.5 Å². The first-order valence-electron chi connectivity index (χ1n) is 25.5. The number of nitrogens with one attached hydrogen (secondary N) is 2. The number of nitrogens with zero attached hydrogens (tertiary/aromatic N) is 3. The van der Waals surface area contributed by atoms with Gasteiger partial charge in [0, 0.05) is 111 Å². The molecule has 3 heterocycles. The van der Waals surface area contributed by atoms with Gasteiger partial charge in [-0.25, -0.2) is 34.7 Å². The molecule has 23 heteroatoms. The van der Waals surface area contributed by atoms with E-state index in [1.807, 2.05) is 63.6 Å². The fourth-order valence-corrected chi connectivity index (χ4v) is 14.8. The molecule has 3 atom stereocenters. The van der Waals surface area contributed by atoms with Crippen molar-refractivity contribution in [3.05, 3.63) is 189 Å². The summed E-state index contributed by atoms with van der Waals surface area (Å²) in [6.45, 7) is 6.39. The van der Waals surface area contributed by atoms with Crippen molar-refractivity contribution in [1.82, 2.24) is 24.1 Å². The molecule has 0 fully saturated rings. The first-order chi connectivity index (χ1) is 37.4. The Morgan fingerprint density at radius 3 is 0.987 bits per heavy atom. The second-order valence-corrected chi connectivity index (χ2v) is 28.7. The summed E-state index contributed by atoms with van der Waals surface area (Å²) in [5.74, 6) is 0.0797. The van der Waals surface area contributed by atoms with Gasteiger partial charge in [-0.2, -0.15) is 0 Å². The van der Waals surface area contributed by atoms with E-state index in [1.54, 1.807) is 54.6 Å². The Balaban J connectivity index is 0.000000256. The van der Waals surface area contributed by atoms with Crippen LogP contribution in [0, 0.1) is 0 Å². The van der Waals surface area contributed by atoms with Crippen LogP contribution < -0.4 is 20.9 Å². The lowest BCUT2D eigenvalue weighted by atomic mass is 9.85. The molecule has 0 saturated carbocycles. The number of nitrogens with two attached hydrogens (primary N) is 2. The molecule has 0 saturated heterocycles. The van der Waals surface area contributed by atoms with Crippen molar-refractivity contribution in [3.63, 3.8) is 0 Å². The van der Waals surface area contributed by atoms with Crippen LogP contribution in [0.3, 0.4) is 0 Å². The summed E-state index contributed by atoms with van der Waals surface area (Å²) >= 11 is 38.1. The van der Waals surface area contributed by atoms with E-state index >= 15 is 0 Å². The SMILES string of the molecule is CN1Cc2c(Cl)cc(Cl)cc2C(c2ccc(S(=O)(=O)Cl)cc2)C1.CN1Cc2c(Cl)cc(Cl)cc2C(c2ccc(S(=O)(=O)NCCCCNS(=O)(=O)c3ccc(C4CN(C)Cc5c(Cl)cc(Cl)cc54)cc3)cc2)C1.NCCCCN. The predicted octanol–water partition coefficient (Wildman–Crippen LogP) is 11.7. The average Bonchev–Trinajstić information content (AvgIpc) is 3.49. The Morgan fingerprint density at radius 2 is 0.722 bits per heavy atom. The van der Waals surface area contributed by atoms with Gasteiger partial charge in [0.2, 0.25) is 20.0 Å². The third kappa shape index (κ3) is 16.6. The Labute approximate surface area is 500 Å². The van der Waals surface area contributed by atoms with Gasteiger partial charge in [0.25, 0.3) is 9.05 Å². The topological polar surface area (TPSA) is 188 Å². The van der Waals surface area contributed by atoms with Crippen molar-refractivity contribution in [3.8, 4) is 0 Å². The number of likely N-dealkylation sites (N-methyl/N-ethyl adjacent to an activating group) is 3. The highest BCUT2D eigenvalue weighted by molar-refractivity contribution is 8.13. The highest BCUT2D eigenvalue weighted by Gasteiger charge is 2.31. The summed E-state index contributed by atoms with van der Waals surface area (Å²) < 4.78 is 80.1. The number of sulfonamides is 2. The molecule has 0 amide bonds. The Kier molecular flexibility index (Phi) is 22.5. The number of rotatable bonds is 16. The summed E-state index contributed by atoms with van der Waals surface area (Å²) in [4.78, 5) is 6.95. The van der Waals surface area contributed by atoms with Gasteiger partial charge in [0.05, 0.1) is 14.7 Å². The highest BCUT2D eigenvalue weighted by atomic mass is 35.7. The standard InChI is InChI=1S/C36H38Cl4N4O4S2.C16H14Cl3NO2S.C4H12N2/c1-43-19-31(29-15-25(37)17-35(39)33(29)21-43)23-5-9-27(10-6-23)49(45,46)41-13-3-4-14-42-50(47,48)28-11-7-24(8-12-28)32-20-44(2)22-34-30(32)16-26(38)18-36(34)40;1-20-8-14(10-2-4-12(5-3-10)23(19,21)22)13-6-11(17)7-16(18)15(13)9-20;5-3-1-2-4-6/h5-12,15-18,31-32,41-42H,3-4,13-14,19-22H2,1-2H3;2-7,14H,8-9H2,1H3;1-6H2. The van der Waals surface area contributed by atoms with Crippen LogP contribution in [0.1, 0.15) is 93.5 Å². The number of hydrogen-bond donors (Lipinski definition) is 4. The molecule has 6 N–H and O–H groups in total. The van der Waals surface area contributed by atoms with Gasteiger partial charge in [-0.1, -0.05) is 106 Å². The minimum absolute atomic E-state index is 0.00187. The van der Waals surface area contributed by atoms with Gasteiger partial charge in [-0.3, -0.25) is 0 Å². The number of benzene rings is 6. The zero-order valence-corrected chi connectivity index (χ0v) is 51.6. The third-order valence-corrected chi connectivity index (χ3v) is 20.1. The van der Waals surface area contributed by atoms with Crippen molar-refractivity contribution >= 4 is 109 Å². The lowest BCUT2D eigenvalue weighted by Gasteiger charge is -2.33. The zero-order valence-electron chi connectivity index (χ0n) is 43.8. The number of halogens is 7. The third-order valence-electron chi connectivity index (χ3n) is 14.1. The first-order valence-corrected chi connectivity index (χ1v) is 33.1. The number of unbranched alkanes of at least 4 members (excludes halogenated alkanes) is 2. The van der Waals surface area contributed by atoms with Crippen molar-refractivity contribution in [1.29, 1.82) is 0 Å². The molecule has 6 aromatic carbocycles. The predicted molar refractivity (Wildman–Crippen MR) is 323 cm³/mol. The van der Waals surface area contributed by atoms with Gasteiger partial charge < -0.3 is 26.2 Å². The minimum Gasteiger partial charge on any atom is -0.330 e. The highest BCUT2D eigenvalue weighted by Crippen LogP contribution is 2.42. The maximum atomic E-state index is 13.0. The molecule has 79 heavy (non-hydrogen) atoms. The van der Waals surface area contributed by atoms with Crippen LogP contribution in [0.15, 0.2) is 124 Å². The van der Waals surface area contributed by atoms with Crippen molar-refractivity contribution < 1.29 is 25.3 Å². The molecule has 0 bridgehead atoms. The largest absolute Gasteiger partial charge is 0.330 e. The normalized spacial score (nSPS) is 17.8. The van der Waals surface area contributed by atoms with E-state index in [9.17, 15) is 25.3 Å². The molecular formula is C56H64Cl7N7O6S3. The average molecular weight is 1280 g/mol. The van der Waals surface area contributed by atoms with Crippen LogP contribution in [0.5, 0.6) is 0 Å². The Morgan fingerprint density at radius 1 is 0.443 bits per heavy atom. The van der Waals surface area contributed by atoms with E-state index in [2.05, 4.69) is 24.1 Å². The second kappa shape index (κ2) is 28.0. The van der Waals surface area contributed by atoms with Crippen LogP contribution >= 0.6 is 80.3 Å². The van der Waals surface area contributed by atoms with Crippen LogP contribution in [0.4, 0.5) is 0 Å². The molecule has 3 aliphatic rings. The molecule has 13 nitrogen and oxygen atoms in total. The Bertz CT molecular complexity index is 3280. The second-order valence-electron chi connectivity index (χ2n) is 20.0. The minimum atomic E-state index is -3.75. The fourth-order valence-electron chi connectivity index (χ4n) is 10.1. The summed E-state index contributed by atoms with van der Waals surface area (Å²) in [6.07, 6.45) is 3.03. The van der Waals surface area contributed by atoms with E-state index in [0.717, 1.165) is 102 Å². The molecule has 0 spiro atoms. The molecule has 0 aromatic heterocycles. The van der Waals surface area contributed by atoms with E-state index < -0.39 is 29.1 Å². The van der Waals surface area contributed by atoms with E-state index in [0.29, 0.717) is 56.1 Å². The van der Waals surface area contributed by atoms with Crippen LogP contribution in [0.2, 0.25) is 30.1 Å². The van der Waals surface area contributed by atoms with Gasteiger partial charge in [0.15, 0.2) is 0 Å². The van der Waals surface area contributed by atoms with Gasteiger partial charge in [0.1, 0.15) is 0 Å². The zero-order chi connectivity index (χ0) is 57.4. The quantitative estimate of drug-likeness (QED) is 0.0533. The lowest BCUT2D eigenvalue weighted by molar-refractivity contribution is 0.295. The van der Waals surface area contributed by atoms with E-state index in [4.69, 9.17) is 91.8 Å². The molecular weight excluding hydrogens is 1210 g/mol. The number of fused-ring (bicyclic) bond motifs is 3. The van der Waals surface area contributed by atoms with E-state index in [1.165, 1.54) is 12.1 Å². The molecule has 9 rings (SSSR count). The van der Waals surface area contributed by atoms with Gasteiger partial charge in [-0.15, -0.1) is 0 Å². The molecule has 6 aromatic rings. The molecule has 3 unspecified atom stereocenters. The fraction of sp³-hybridized carbons (Fsp3) is 0.357. The Hall–Kier alpha value is -3.08. The summed E-state index contributed by atoms with van der Waals surface area (Å²) in [5.41, 5.74) is 19.6. The summed E-state index contributed by atoms with van der Waals surface area (Å²) in [6, 6.07) is 31.4. The smallest absolute Gasteiger partial charge is 0.261 e. The molecule has 426 valence electrons. The van der Waals surface area contributed by atoms with Gasteiger partial charge >= 0.3 is 0 Å². The van der Waals surface area contributed by atoms with Crippen LogP contribution in [-0.2, 0) is 48.7 Å². The van der Waals surface area contributed by atoms with Gasteiger partial charge in [-0.05, 0) is 183 Å². The first kappa shape index (κ1) is 63.5. The lowest BCUT2D eigenvalue weighted by Crippen LogP contribution is -2.31.